The summed E-state index contributed by atoms with van der Waals surface area (Å²) in [5, 5.41) is 19.4. The second-order valence-corrected chi connectivity index (χ2v) is 5.49. The van der Waals surface area contributed by atoms with E-state index in [0.717, 1.165) is 18.4 Å². The number of carbonyl (C=O) groups is 1. The predicted molar refractivity (Wildman–Crippen MR) is 72.9 cm³/mol. The fraction of sp³-hybridized carbons (Fsp3) is 0.533. The van der Waals surface area contributed by atoms with Gasteiger partial charge in [-0.3, -0.25) is 9.69 Å². The Kier molecular flexibility index (Phi) is 4.22. The molecule has 2 rings (SSSR count). The van der Waals surface area contributed by atoms with Gasteiger partial charge in [-0.15, -0.1) is 0 Å². The molecule has 0 amide bonds. The molecular formula is C15H21NO3. The third-order valence-electron chi connectivity index (χ3n) is 3.58. The third-order valence-corrected chi connectivity index (χ3v) is 3.58. The normalized spacial score (nSPS) is 18.3. The third kappa shape index (κ3) is 4.04. The largest absolute Gasteiger partial charge is 0.481 e. The first-order valence-corrected chi connectivity index (χ1v) is 6.73. The molecular weight excluding hydrogens is 242 g/mol. The van der Waals surface area contributed by atoms with Gasteiger partial charge in [-0.25, -0.2) is 0 Å². The number of aliphatic carboxylic acids is 1. The lowest BCUT2D eigenvalue weighted by atomic mass is 9.95. The molecule has 1 aromatic rings. The fourth-order valence-corrected chi connectivity index (χ4v) is 2.35. The summed E-state index contributed by atoms with van der Waals surface area (Å²) in [5.41, 5.74) is -0.0708. The quantitative estimate of drug-likeness (QED) is 0.788. The summed E-state index contributed by atoms with van der Waals surface area (Å²) in [6.45, 7) is 2.77. The van der Waals surface area contributed by atoms with Crippen LogP contribution in [0.2, 0.25) is 0 Å². The molecule has 0 heterocycles. The zero-order valence-corrected chi connectivity index (χ0v) is 11.2. The Labute approximate surface area is 113 Å². The van der Waals surface area contributed by atoms with Gasteiger partial charge in [0, 0.05) is 19.1 Å². The summed E-state index contributed by atoms with van der Waals surface area (Å²) >= 11 is 0. The van der Waals surface area contributed by atoms with Crippen LogP contribution < -0.4 is 0 Å². The first-order valence-electron chi connectivity index (χ1n) is 6.73. The summed E-state index contributed by atoms with van der Waals surface area (Å²) in [6, 6.07) is 9.98. The van der Waals surface area contributed by atoms with Crippen molar-refractivity contribution in [3.05, 3.63) is 35.9 Å². The SMILES string of the molecule is CC(O)(CN(CCC(=O)O)C1CC1)c1ccccc1. The Morgan fingerprint density at radius 3 is 2.53 bits per heavy atom. The number of nitrogens with zero attached hydrogens (tertiary/aromatic N) is 1. The summed E-state index contributed by atoms with van der Waals surface area (Å²) in [4.78, 5) is 12.8. The molecule has 1 unspecified atom stereocenters. The molecule has 0 bridgehead atoms. The Balaban J connectivity index is 2.01. The van der Waals surface area contributed by atoms with Crippen molar-refractivity contribution < 1.29 is 15.0 Å². The fourth-order valence-electron chi connectivity index (χ4n) is 2.35. The van der Waals surface area contributed by atoms with Crippen molar-refractivity contribution in [3.8, 4) is 0 Å². The van der Waals surface area contributed by atoms with Crippen molar-refractivity contribution in [2.45, 2.75) is 37.8 Å². The van der Waals surface area contributed by atoms with Gasteiger partial charge in [-0.05, 0) is 25.3 Å². The first-order chi connectivity index (χ1) is 8.99. The maximum absolute atomic E-state index is 10.7. The minimum Gasteiger partial charge on any atom is -0.481 e. The molecule has 4 nitrogen and oxygen atoms in total. The van der Waals surface area contributed by atoms with E-state index in [0.29, 0.717) is 19.1 Å². The highest BCUT2D eigenvalue weighted by Crippen LogP contribution is 2.31. The molecule has 1 fully saturated rings. The van der Waals surface area contributed by atoms with Crippen LogP contribution in [0.25, 0.3) is 0 Å². The molecule has 104 valence electrons. The number of benzene rings is 1. The summed E-state index contributed by atoms with van der Waals surface area (Å²) in [6.07, 6.45) is 2.33. The van der Waals surface area contributed by atoms with E-state index in [9.17, 15) is 9.90 Å². The monoisotopic (exact) mass is 263 g/mol. The Morgan fingerprint density at radius 2 is 2.00 bits per heavy atom. The van der Waals surface area contributed by atoms with Crippen molar-refractivity contribution >= 4 is 5.97 Å². The minimum atomic E-state index is -0.942. The van der Waals surface area contributed by atoms with E-state index in [1.54, 1.807) is 6.92 Å². The van der Waals surface area contributed by atoms with E-state index < -0.39 is 11.6 Å². The van der Waals surface area contributed by atoms with Gasteiger partial charge in [0.1, 0.15) is 0 Å². The number of hydrogen-bond acceptors (Lipinski definition) is 3. The zero-order valence-electron chi connectivity index (χ0n) is 11.2. The predicted octanol–water partition coefficient (Wildman–Crippen LogP) is 1.83. The smallest absolute Gasteiger partial charge is 0.304 e. The molecule has 2 N–H and O–H groups in total. The molecule has 0 aliphatic heterocycles. The van der Waals surface area contributed by atoms with E-state index in [1.807, 2.05) is 30.3 Å². The molecule has 0 saturated heterocycles. The molecule has 19 heavy (non-hydrogen) atoms. The highest BCUT2D eigenvalue weighted by molar-refractivity contribution is 5.66. The number of carboxylic acid groups (broad SMARTS) is 1. The van der Waals surface area contributed by atoms with Crippen molar-refractivity contribution in [1.29, 1.82) is 0 Å². The van der Waals surface area contributed by atoms with Gasteiger partial charge in [0.15, 0.2) is 0 Å². The summed E-state index contributed by atoms with van der Waals surface area (Å²) in [7, 11) is 0. The summed E-state index contributed by atoms with van der Waals surface area (Å²) < 4.78 is 0. The average Bonchev–Trinajstić information content (AvgIpc) is 3.19. The molecule has 4 heteroatoms. The average molecular weight is 263 g/mol. The number of carboxylic acids is 1. The molecule has 1 atom stereocenters. The van der Waals surface area contributed by atoms with Crippen LogP contribution in [0.4, 0.5) is 0 Å². The Hall–Kier alpha value is -1.39. The van der Waals surface area contributed by atoms with Crippen LogP contribution in [0.15, 0.2) is 30.3 Å². The van der Waals surface area contributed by atoms with Crippen LogP contribution in [-0.4, -0.2) is 40.2 Å². The van der Waals surface area contributed by atoms with Gasteiger partial charge < -0.3 is 10.2 Å². The maximum atomic E-state index is 10.7. The van der Waals surface area contributed by atoms with Crippen LogP contribution in [0.1, 0.15) is 31.7 Å². The van der Waals surface area contributed by atoms with Crippen molar-refractivity contribution in [3.63, 3.8) is 0 Å². The number of rotatable bonds is 7. The van der Waals surface area contributed by atoms with Gasteiger partial charge in [0.2, 0.25) is 0 Å². The van der Waals surface area contributed by atoms with Crippen LogP contribution in [0.3, 0.4) is 0 Å². The van der Waals surface area contributed by atoms with E-state index in [1.165, 1.54) is 0 Å². The van der Waals surface area contributed by atoms with Crippen LogP contribution in [0.5, 0.6) is 0 Å². The molecule has 1 aromatic carbocycles. The molecule has 0 aromatic heterocycles. The molecule has 1 aliphatic carbocycles. The van der Waals surface area contributed by atoms with Crippen LogP contribution in [-0.2, 0) is 10.4 Å². The van der Waals surface area contributed by atoms with Gasteiger partial charge >= 0.3 is 5.97 Å². The topological polar surface area (TPSA) is 60.8 Å². The lowest BCUT2D eigenvalue weighted by molar-refractivity contribution is -0.137. The lowest BCUT2D eigenvalue weighted by Gasteiger charge is -2.32. The van der Waals surface area contributed by atoms with E-state index in [2.05, 4.69) is 4.90 Å². The van der Waals surface area contributed by atoms with Crippen LogP contribution in [0, 0.1) is 0 Å². The van der Waals surface area contributed by atoms with Crippen LogP contribution >= 0.6 is 0 Å². The Morgan fingerprint density at radius 1 is 1.37 bits per heavy atom. The highest BCUT2D eigenvalue weighted by Gasteiger charge is 2.34. The van der Waals surface area contributed by atoms with Crippen molar-refractivity contribution in [2.24, 2.45) is 0 Å². The second kappa shape index (κ2) is 5.72. The molecule has 1 saturated carbocycles. The van der Waals surface area contributed by atoms with Gasteiger partial charge in [-0.2, -0.15) is 0 Å². The molecule has 1 aliphatic rings. The molecule has 0 spiro atoms. The lowest BCUT2D eigenvalue weighted by Crippen LogP contribution is -2.41. The van der Waals surface area contributed by atoms with E-state index >= 15 is 0 Å². The van der Waals surface area contributed by atoms with Crippen molar-refractivity contribution in [2.75, 3.05) is 13.1 Å². The van der Waals surface area contributed by atoms with Gasteiger partial charge in [-0.1, -0.05) is 30.3 Å². The number of hydrogen-bond donors (Lipinski definition) is 2. The second-order valence-electron chi connectivity index (χ2n) is 5.49. The first kappa shape index (κ1) is 14.0. The molecule has 0 radical (unpaired) electrons. The highest BCUT2D eigenvalue weighted by atomic mass is 16.4. The van der Waals surface area contributed by atoms with E-state index in [-0.39, 0.29) is 6.42 Å². The standard InChI is InChI=1S/C15H21NO3/c1-15(19,12-5-3-2-4-6-12)11-16(13-7-8-13)10-9-14(17)18/h2-6,13,19H,7-11H2,1H3,(H,17,18). The van der Waals surface area contributed by atoms with Crippen molar-refractivity contribution in [1.82, 2.24) is 4.90 Å². The van der Waals surface area contributed by atoms with E-state index in [4.69, 9.17) is 5.11 Å². The Bertz CT molecular complexity index is 426. The van der Waals surface area contributed by atoms with Gasteiger partial charge in [0.05, 0.1) is 12.0 Å². The maximum Gasteiger partial charge on any atom is 0.304 e. The minimum absolute atomic E-state index is 0.126. The zero-order chi connectivity index (χ0) is 13.9. The van der Waals surface area contributed by atoms with Gasteiger partial charge in [0.25, 0.3) is 0 Å². The summed E-state index contributed by atoms with van der Waals surface area (Å²) in [5.74, 6) is -0.787. The number of aliphatic hydroxyl groups is 1.